The normalized spacial score (nSPS) is 11.3. The summed E-state index contributed by atoms with van der Waals surface area (Å²) in [6.45, 7) is 0.0675. The number of hydrogen-bond acceptors (Lipinski definition) is 3. The molecule has 1 aromatic heterocycles. The van der Waals surface area contributed by atoms with Gasteiger partial charge >= 0.3 is 12.1 Å². The Morgan fingerprint density at radius 3 is 2.53 bits per heavy atom. The van der Waals surface area contributed by atoms with E-state index >= 15 is 0 Å². The number of nitrogens with one attached hydrogen (secondary N) is 1. The average molecular weight is 279 g/mol. The summed E-state index contributed by atoms with van der Waals surface area (Å²) in [5, 5.41) is 10.9. The van der Waals surface area contributed by atoms with Gasteiger partial charge in [0.05, 0.1) is 5.56 Å². The van der Waals surface area contributed by atoms with Gasteiger partial charge in [-0.3, -0.25) is 4.79 Å². The van der Waals surface area contributed by atoms with Gasteiger partial charge in [-0.15, -0.1) is 0 Å². The Balaban J connectivity index is 2.29. The van der Waals surface area contributed by atoms with Gasteiger partial charge in [0, 0.05) is 19.0 Å². The number of carboxylic acid groups (broad SMARTS) is 1. The minimum atomic E-state index is -4.19. The molecule has 5 nitrogen and oxygen atoms in total. The molecule has 0 aliphatic rings. The second-order valence-corrected chi connectivity index (χ2v) is 3.83. The minimum absolute atomic E-state index is 0.0675. The molecule has 2 N–H and O–H groups in total. The molecular formula is C11H12F3NO4. The van der Waals surface area contributed by atoms with E-state index in [1.165, 1.54) is 0 Å². The highest BCUT2D eigenvalue weighted by molar-refractivity contribution is 5.95. The van der Waals surface area contributed by atoms with Crippen LogP contribution >= 0.6 is 0 Å². The zero-order chi connectivity index (χ0) is 14.5. The molecule has 1 aromatic rings. The first kappa shape index (κ1) is 15.1. The summed E-state index contributed by atoms with van der Waals surface area (Å²) in [5.74, 6) is -2.07. The van der Waals surface area contributed by atoms with Gasteiger partial charge in [-0.2, -0.15) is 13.2 Å². The van der Waals surface area contributed by atoms with Crippen LogP contribution in [0.3, 0.4) is 0 Å². The van der Waals surface area contributed by atoms with Crippen LogP contribution in [0.2, 0.25) is 0 Å². The van der Waals surface area contributed by atoms with E-state index in [4.69, 9.17) is 9.52 Å². The molecule has 0 spiro atoms. The molecule has 0 atom stereocenters. The van der Waals surface area contributed by atoms with Gasteiger partial charge < -0.3 is 14.8 Å². The molecule has 0 aromatic carbocycles. The van der Waals surface area contributed by atoms with Crippen LogP contribution in [0.5, 0.6) is 0 Å². The number of rotatable bonds is 6. The molecule has 0 unspecified atom stereocenters. The predicted molar refractivity (Wildman–Crippen MR) is 57.9 cm³/mol. The van der Waals surface area contributed by atoms with Crippen molar-refractivity contribution in [2.24, 2.45) is 0 Å². The fourth-order valence-electron chi connectivity index (χ4n) is 1.31. The van der Waals surface area contributed by atoms with E-state index < -0.39 is 24.5 Å². The number of unbranched alkanes of at least 4 members (excludes halogenated alkanes) is 1. The summed E-state index contributed by atoms with van der Waals surface area (Å²) in [6, 6.07) is 1.05. The van der Waals surface area contributed by atoms with E-state index in [0.29, 0.717) is 0 Å². The zero-order valence-electron chi connectivity index (χ0n) is 9.79. The molecule has 0 fully saturated rings. The standard InChI is InChI=1S/C11H12F3NO4/c12-11(13,14)3-1-2-4-15-9(16)8-5-7(6-19-8)10(17)18/h5-6H,1-4H2,(H,15,16)(H,17,18). The highest BCUT2D eigenvalue weighted by Gasteiger charge is 2.25. The number of amides is 1. The quantitative estimate of drug-likeness (QED) is 0.784. The maximum Gasteiger partial charge on any atom is 0.389 e. The molecule has 8 heteroatoms. The van der Waals surface area contributed by atoms with Crippen LogP contribution in [0.15, 0.2) is 16.7 Å². The van der Waals surface area contributed by atoms with Crippen LogP contribution in [-0.2, 0) is 0 Å². The highest BCUT2D eigenvalue weighted by atomic mass is 19.4. The molecule has 0 radical (unpaired) electrons. The number of carbonyl (C=O) groups excluding carboxylic acids is 1. The number of furan rings is 1. The van der Waals surface area contributed by atoms with Crippen molar-refractivity contribution in [1.82, 2.24) is 5.32 Å². The van der Waals surface area contributed by atoms with Gasteiger partial charge in [-0.05, 0) is 12.8 Å². The van der Waals surface area contributed by atoms with Crippen molar-refractivity contribution in [3.8, 4) is 0 Å². The predicted octanol–water partition coefficient (Wildman–Crippen LogP) is 2.44. The summed E-state index contributed by atoms with van der Waals surface area (Å²) in [4.78, 5) is 22.0. The Morgan fingerprint density at radius 1 is 1.32 bits per heavy atom. The van der Waals surface area contributed by atoms with Gasteiger partial charge in [0.25, 0.3) is 5.91 Å². The largest absolute Gasteiger partial charge is 0.478 e. The average Bonchev–Trinajstić information content (AvgIpc) is 2.76. The summed E-state index contributed by atoms with van der Waals surface area (Å²) in [7, 11) is 0. The lowest BCUT2D eigenvalue weighted by molar-refractivity contribution is -0.135. The maximum atomic E-state index is 11.8. The van der Waals surface area contributed by atoms with E-state index in [9.17, 15) is 22.8 Å². The van der Waals surface area contributed by atoms with E-state index in [1.54, 1.807) is 0 Å². The Morgan fingerprint density at radius 2 is 2.00 bits per heavy atom. The van der Waals surface area contributed by atoms with Crippen molar-refractivity contribution < 1.29 is 32.3 Å². The van der Waals surface area contributed by atoms with Crippen molar-refractivity contribution in [2.45, 2.75) is 25.4 Å². The summed E-state index contributed by atoms with van der Waals surface area (Å²) in [5.41, 5.74) is -0.165. The molecule has 0 saturated carbocycles. The van der Waals surface area contributed by atoms with Crippen molar-refractivity contribution in [1.29, 1.82) is 0 Å². The van der Waals surface area contributed by atoms with E-state index in [2.05, 4.69) is 5.32 Å². The molecule has 1 rings (SSSR count). The number of carboxylic acids is 1. The van der Waals surface area contributed by atoms with Crippen molar-refractivity contribution in [3.05, 3.63) is 23.7 Å². The molecule has 0 bridgehead atoms. The Labute approximate surface area is 106 Å². The Bertz CT molecular complexity index is 453. The second kappa shape index (κ2) is 6.26. The lowest BCUT2D eigenvalue weighted by atomic mass is 10.2. The number of halogens is 3. The minimum Gasteiger partial charge on any atom is -0.478 e. The third kappa shape index (κ3) is 5.45. The molecule has 19 heavy (non-hydrogen) atoms. The molecule has 0 aliphatic heterocycles. The van der Waals surface area contributed by atoms with Gasteiger partial charge in [-0.25, -0.2) is 4.79 Å². The van der Waals surface area contributed by atoms with Crippen LogP contribution in [0.1, 0.15) is 40.2 Å². The fourth-order valence-corrected chi connectivity index (χ4v) is 1.31. The van der Waals surface area contributed by atoms with E-state index in [-0.39, 0.29) is 30.7 Å². The SMILES string of the molecule is O=C(O)c1coc(C(=O)NCCCCC(F)(F)F)c1. The Hall–Kier alpha value is -1.99. The molecule has 1 heterocycles. The first-order chi connectivity index (χ1) is 8.79. The van der Waals surface area contributed by atoms with Crippen LogP contribution in [0.4, 0.5) is 13.2 Å². The lowest BCUT2D eigenvalue weighted by Crippen LogP contribution is -2.24. The third-order valence-corrected chi connectivity index (χ3v) is 2.24. The summed E-state index contributed by atoms with van der Waals surface area (Å²) >= 11 is 0. The maximum absolute atomic E-state index is 11.8. The molecular weight excluding hydrogens is 267 g/mol. The second-order valence-electron chi connectivity index (χ2n) is 3.83. The number of carbonyl (C=O) groups is 2. The summed E-state index contributed by atoms with van der Waals surface area (Å²) in [6.07, 6.45) is -4.07. The first-order valence-electron chi connectivity index (χ1n) is 5.46. The summed E-state index contributed by atoms with van der Waals surface area (Å²) < 4.78 is 40.2. The van der Waals surface area contributed by atoms with Crippen LogP contribution in [0.25, 0.3) is 0 Å². The van der Waals surface area contributed by atoms with Gasteiger partial charge in [-0.1, -0.05) is 0 Å². The zero-order valence-corrected chi connectivity index (χ0v) is 9.79. The van der Waals surface area contributed by atoms with Crippen molar-refractivity contribution in [3.63, 3.8) is 0 Å². The highest BCUT2D eigenvalue weighted by Crippen LogP contribution is 2.21. The van der Waals surface area contributed by atoms with E-state index in [1.807, 2.05) is 0 Å². The number of aromatic carboxylic acids is 1. The monoisotopic (exact) mass is 279 g/mol. The van der Waals surface area contributed by atoms with Crippen molar-refractivity contribution >= 4 is 11.9 Å². The fraction of sp³-hybridized carbons (Fsp3) is 0.455. The van der Waals surface area contributed by atoms with Gasteiger partial charge in [0.15, 0.2) is 5.76 Å². The molecule has 0 aliphatic carbocycles. The Kier molecular flexibility index (Phi) is 4.96. The molecule has 106 valence electrons. The lowest BCUT2D eigenvalue weighted by Gasteiger charge is -2.06. The number of hydrogen-bond donors (Lipinski definition) is 2. The number of alkyl halides is 3. The molecule has 1 amide bonds. The van der Waals surface area contributed by atoms with Crippen LogP contribution in [-0.4, -0.2) is 29.7 Å². The van der Waals surface area contributed by atoms with Gasteiger partial charge in [0.2, 0.25) is 0 Å². The third-order valence-electron chi connectivity index (χ3n) is 2.24. The van der Waals surface area contributed by atoms with Gasteiger partial charge in [0.1, 0.15) is 6.26 Å². The van der Waals surface area contributed by atoms with Crippen molar-refractivity contribution in [2.75, 3.05) is 6.54 Å². The molecule has 0 saturated heterocycles. The topological polar surface area (TPSA) is 79.5 Å². The smallest absolute Gasteiger partial charge is 0.389 e. The van der Waals surface area contributed by atoms with E-state index in [0.717, 1.165) is 12.3 Å². The van der Waals surface area contributed by atoms with Crippen LogP contribution < -0.4 is 5.32 Å². The first-order valence-corrected chi connectivity index (χ1v) is 5.46. The van der Waals surface area contributed by atoms with Crippen LogP contribution in [0, 0.1) is 0 Å².